The van der Waals surface area contributed by atoms with Gasteiger partial charge in [0.25, 0.3) is 0 Å². The van der Waals surface area contributed by atoms with E-state index in [9.17, 15) is 14.8 Å². The Labute approximate surface area is 170 Å². The molecule has 0 saturated carbocycles. The van der Waals surface area contributed by atoms with E-state index in [1.54, 1.807) is 12.1 Å². The van der Waals surface area contributed by atoms with Crippen molar-refractivity contribution < 1.29 is 14.8 Å². The highest BCUT2D eigenvalue weighted by molar-refractivity contribution is 6.30. The highest BCUT2D eigenvalue weighted by Gasteiger charge is 2.48. The van der Waals surface area contributed by atoms with Crippen molar-refractivity contribution in [3.8, 4) is 0 Å². The lowest BCUT2D eigenvalue weighted by Gasteiger charge is -2.46. The molecule has 0 amide bonds. The maximum Gasteiger partial charge on any atom is 0.162 e. The number of halogens is 1. The van der Waals surface area contributed by atoms with Crippen molar-refractivity contribution in [3.05, 3.63) is 57.4 Å². The third kappa shape index (κ3) is 3.13. The molecule has 1 aromatic carbocycles. The first-order valence-electron chi connectivity index (χ1n) is 9.76. The van der Waals surface area contributed by atoms with Crippen molar-refractivity contribution in [1.29, 1.82) is 0 Å². The lowest BCUT2D eigenvalue weighted by atomic mass is 9.64. The Kier molecular flexibility index (Phi) is 4.36. The normalized spacial score (nSPS) is 24.4. The molecule has 3 aliphatic rings. The molecule has 0 atom stereocenters. The molecule has 148 valence electrons. The van der Waals surface area contributed by atoms with Crippen molar-refractivity contribution in [3.63, 3.8) is 0 Å². The van der Waals surface area contributed by atoms with E-state index < -0.39 is 5.92 Å². The van der Waals surface area contributed by atoms with Gasteiger partial charge in [-0.3, -0.25) is 14.8 Å². The highest BCUT2D eigenvalue weighted by Crippen LogP contribution is 2.53. The fraction of sp³-hybridized carbons (Fsp3) is 0.478. The second-order valence-electron chi connectivity index (χ2n) is 9.90. The summed E-state index contributed by atoms with van der Waals surface area (Å²) < 4.78 is 0. The fourth-order valence-electron chi connectivity index (χ4n) is 4.93. The number of hydroxylamine groups is 2. The van der Waals surface area contributed by atoms with Crippen LogP contribution in [0.2, 0.25) is 5.02 Å². The van der Waals surface area contributed by atoms with Gasteiger partial charge in [0.05, 0.1) is 11.4 Å². The fourth-order valence-corrected chi connectivity index (χ4v) is 5.06. The average Bonchev–Trinajstić information content (AvgIpc) is 2.56. The molecule has 1 aliphatic heterocycles. The van der Waals surface area contributed by atoms with Crippen LogP contribution in [0.5, 0.6) is 0 Å². The number of carbonyl (C=O) groups excluding carboxylic acids is 2. The van der Waals surface area contributed by atoms with Gasteiger partial charge in [0.1, 0.15) is 0 Å². The van der Waals surface area contributed by atoms with Crippen molar-refractivity contribution >= 4 is 23.2 Å². The molecule has 0 radical (unpaired) electrons. The molecule has 4 nitrogen and oxygen atoms in total. The molecule has 0 unspecified atom stereocenters. The zero-order valence-corrected chi connectivity index (χ0v) is 17.6. The number of carbonyl (C=O) groups is 2. The van der Waals surface area contributed by atoms with E-state index in [0.29, 0.717) is 53.2 Å². The number of hydrogen-bond acceptors (Lipinski definition) is 4. The average molecular weight is 400 g/mol. The number of hydrogen-bond donors (Lipinski definition) is 1. The predicted molar refractivity (Wildman–Crippen MR) is 108 cm³/mol. The molecule has 28 heavy (non-hydrogen) atoms. The summed E-state index contributed by atoms with van der Waals surface area (Å²) in [6.45, 7) is 8.17. The minimum atomic E-state index is -0.433. The summed E-state index contributed by atoms with van der Waals surface area (Å²) >= 11 is 6.07. The quantitative estimate of drug-likeness (QED) is 0.685. The molecule has 0 spiro atoms. The largest absolute Gasteiger partial charge is 0.294 e. The molecule has 0 aromatic heterocycles. The van der Waals surface area contributed by atoms with Gasteiger partial charge in [0.15, 0.2) is 11.6 Å². The van der Waals surface area contributed by atoms with Gasteiger partial charge >= 0.3 is 0 Å². The Bertz CT molecular complexity index is 883. The number of nitrogens with zero attached hydrogens (tertiary/aromatic N) is 1. The van der Waals surface area contributed by atoms with E-state index in [4.69, 9.17) is 11.6 Å². The monoisotopic (exact) mass is 399 g/mol. The summed E-state index contributed by atoms with van der Waals surface area (Å²) in [5.41, 5.74) is 2.84. The van der Waals surface area contributed by atoms with Crippen LogP contribution in [0.1, 0.15) is 64.9 Å². The molecule has 1 N–H and O–H groups in total. The van der Waals surface area contributed by atoms with Gasteiger partial charge in [0.2, 0.25) is 0 Å². The van der Waals surface area contributed by atoms with Crippen LogP contribution >= 0.6 is 11.6 Å². The van der Waals surface area contributed by atoms with Crippen LogP contribution in [0.4, 0.5) is 0 Å². The molecule has 0 fully saturated rings. The van der Waals surface area contributed by atoms with Gasteiger partial charge in [-0.2, -0.15) is 0 Å². The Morgan fingerprint density at radius 2 is 1.29 bits per heavy atom. The van der Waals surface area contributed by atoms with Crippen LogP contribution in [0.3, 0.4) is 0 Å². The van der Waals surface area contributed by atoms with Crippen LogP contribution in [0.25, 0.3) is 0 Å². The van der Waals surface area contributed by atoms with Gasteiger partial charge in [-0.1, -0.05) is 51.4 Å². The summed E-state index contributed by atoms with van der Waals surface area (Å²) in [6, 6.07) is 7.35. The molecule has 4 rings (SSSR count). The number of benzene rings is 1. The molecule has 1 aromatic rings. The van der Waals surface area contributed by atoms with Crippen molar-refractivity contribution in [2.24, 2.45) is 10.8 Å². The molecular formula is C23H26ClNO3. The SMILES string of the molecule is CC1(C)CC(=O)C2=C(C1)N(O)C1=C(C(=O)CC(C)(C)C1)C2c1ccc(Cl)cc1. The Balaban J connectivity index is 1.96. The standard InChI is InChI=1S/C23H26ClNO3/c1-22(2)9-15-20(17(26)11-22)19(13-5-7-14(24)8-6-13)21-16(25(15)28)10-23(3,4)12-18(21)27/h5-8,19,28H,9-12H2,1-4H3. The van der Waals surface area contributed by atoms with Crippen LogP contribution < -0.4 is 0 Å². The smallest absolute Gasteiger partial charge is 0.162 e. The maximum absolute atomic E-state index is 13.2. The summed E-state index contributed by atoms with van der Waals surface area (Å²) in [7, 11) is 0. The molecule has 0 bridgehead atoms. The van der Waals surface area contributed by atoms with E-state index in [1.165, 1.54) is 0 Å². The van der Waals surface area contributed by atoms with Crippen molar-refractivity contribution in [1.82, 2.24) is 5.06 Å². The van der Waals surface area contributed by atoms with Crippen LogP contribution in [0, 0.1) is 10.8 Å². The lowest BCUT2D eigenvalue weighted by molar-refractivity contribution is -0.123. The van der Waals surface area contributed by atoms with Gasteiger partial charge in [-0.25, -0.2) is 5.06 Å². The summed E-state index contributed by atoms with van der Waals surface area (Å²) in [4.78, 5) is 26.4. The first-order chi connectivity index (χ1) is 13.0. The lowest BCUT2D eigenvalue weighted by Crippen LogP contribution is -2.43. The van der Waals surface area contributed by atoms with Gasteiger partial charge in [-0.15, -0.1) is 0 Å². The topological polar surface area (TPSA) is 57.6 Å². The van der Waals surface area contributed by atoms with Crippen LogP contribution in [-0.2, 0) is 9.59 Å². The summed E-state index contributed by atoms with van der Waals surface area (Å²) in [6.07, 6.45) is 2.01. The van der Waals surface area contributed by atoms with Crippen molar-refractivity contribution in [2.45, 2.75) is 59.3 Å². The summed E-state index contributed by atoms with van der Waals surface area (Å²) in [5, 5.41) is 12.9. The first-order valence-corrected chi connectivity index (χ1v) is 10.1. The maximum atomic E-state index is 13.2. The number of allylic oxidation sites excluding steroid dienone is 4. The van der Waals surface area contributed by atoms with Crippen LogP contribution in [0.15, 0.2) is 46.8 Å². The number of Topliss-reactive ketones (excluding diaryl/α,β-unsaturated/α-hetero) is 2. The van der Waals surface area contributed by atoms with Gasteiger partial charge < -0.3 is 0 Å². The Morgan fingerprint density at radius 1 is 0.857 bits per heavy atom. The van der Waals surface area contributed by atoms with Gasteiger partial charge in [-0.05, 0) is 41.4 Å². The first kappa shape index (κ1) is 19.4. The van der Waals surface area contributed by atoms with E-state index in [-0.39, 0.29) is 22.4 Å². The van der Waals surface area contributed by atoms with E-state index in [0.717, 1.165) is 10.6 Å². The summed E-state index contributed by atoms with van der Waals surface area (Å²) in [5.74, 6) is -0.415. The number of ketones is 2. The third-order valence-electron chi connectivity index (χ3n) is 6.08. The molecular weight excluding hydrogens is 374 g/mol. The van der Waals surface area contributed by atoms with Crippen molar-refractivity contribution in [2.75, 3.05) is 0 Å². The number of rotatable bonds is 1. The molecule has 2 aliphatic carbocycles. The molecule has 0 saturated heterocycles. The molecule has 5 heteroatoms. The Hall–Kier alpha value is -1.91. The molecule has 1 heterocycles. The third-order valence-corrected chi connectivity index (χ3v) is 6.34. The minimum Gasteiger partial charge on any atom is -0.294 e. The Morgan fingerprint density at radius 3 is 1.71 bits per heavy atom. The zero-order chi connectivity index (χ0) is 20.4. The van der Waals surface area contributed by atoms with E-state index in [1.807, 2.05) is 39.8 Å². The second-order valence-corrected chi connectivity index (χ2v) is 10.3. The van der Waals surface area contributed by atoms with Crippen LogP contribution in [-0.4, -0.2) is 21.8 Å². The zero-order valence-electron chi connectivity index (χ0n) is 16.8. The highest BCUT2D eigenvalue weighted by atomic mass is 35.5. The predicted octanol–water partition coefficient (Wildman–Crippen LogP) is 5.41. The van der Waals surface area contributed by atoms with E-state index >= 15 is 0 Å². The minimum absolute atomic E-state index is 0.00873. The van der Waals surface area contributed by atoms with E-state index in [2.05, 4.69) is 0 Å². The second kappa shape index (κ2) is 6.30. The van der Waals surface area contributed by atoms with Gasteiger partial charge in [0, 0.05) is 34.9 Å².